The van der Waals surface area contributed by atoms with Crippen molar-refractivity contribution >= 4 is 34.1 Å². The number of rotatable bonds is 4. The SMILES string of the molecule is Cc1c(-c2cc3cc(N(C(=O)O)C4CCOC4)ncc3c(N)c2F)cnc2c1NCC(CO)C2. The molecule has 0 aliphatic carbocycles. The lowest BCUT2D eigenvalue weighted by molar-refractivity contribution is 0.183. The number of carbonyl (C=O) groups is 1. The number of aromatic nitrogens is 2. The van der Waals surface area contributed by atoms with Crippen LogP contribution in [0.25, 0.3) is 21.9 Å². The Labute approximate surface area is 195 Å². The molecule has 2 aliphatic heterocycles. The number of benzene rings is 1. The fourth-order valence-electron chi connectivity index (χ4n) is 4.82. The van der Waals surface area contributed by atoms with Crippen LogP contribution < -0.4 is 16.0 Å². The van der Waals surface area contributed by atoms with Crippen LogP contribution in [-0.4, -0.2) is 58.7 Å². The van der Waals surface area contributed by atoms with Crippen molar-refractivity contribution in [3.8, 4) is 11.1 Å². The van der Waals surface area contributed by atoms with Gasteiger partial charge in [-0.1, -0.05) is 0 Å². The summed E-state index contributed by atoms with van der Waals surface area (Å²) < 4.78 is 20.8. The summed E-state index contributed by atoms with van der Waals surface area (Å²) in [6.45, 7) is 3.37. The molecular weight excluding hydrogens is 441 g/mol. The first-order valence-corrected chi connectivity index (χ1v) is 11.2. The highest BCUT2D eigenvalue weighted by atomic mass is 19.1. The number of hydrogen-bond donors (Lipinski definition) is 4. The maximum atomic E-state index is 15.4. The number of ether oxygens (including phenoxy) is 1. The molecule has 2 aliphatic rings. The lowest BCUT2D eigenvalue weighted by Crippen LogP contribution is -2.40. The molecule has 5 N–H and O–H groups in total. The van der Waals surface area contributed by atoms with E-state index in [0.29, 0.717) is 48.9 Å². The number of fused-ring (bicyclic) bond motifs is 2. The first-order valence-electron chi connectivity index (χ1n) is 11.2. The first kappa shape index (κ1) is 22.3. The molecule has 1 amide bonds. The van der Waals surface area contributed by atoms with Crippen LogP contribution in [0.5, 0.6) is 0 Å². The maximum absolute atomic E-state index is 15.4. The number of carboxylic acid groups (broad SMARTS) is 1. The average Bonchev–Trinajstić information content (AvgIpc) is 3.35. The lowest BCUT2D eigenvalue weighted by atomic mass is 9.92. The lowest BCUT2D eigenvalue weighted by Gasteiger charge is -2.26. The summed E-state index contributed by atoms with van der Waals surface area (Å²) in [5.41, 5.74) is 9.50. The molecule has 2 aromatic heterocycles. The molecule has 2 atom stereocenters. The summed E-state index contributed by atoms with van der Waals surface area (Å²) >= 11 is 0. The Morgan fingerprint density at radius 3 is 2.85 bits per heavy atom. The topological polar surface area (TPSA) is 134 Å². The second-order valence-corrected chi connectivity index (χ2v) is 8.84. The predicted octanol–water partition coefficient (Wildman–Crippen LogP) is 3.18. The molecule has 1 aromatic carbocycles. The number of hydrogen-bond acceptors (Lipinski definition) is 7. The minimum atomic E-state index is -1.13. The quantitative estimate of drug-likeness (QED) is 0.430. The number of anilines is 3. The van der Waals surface area contributed by atoms with Crippen LogP contribution in [-0.2, 0) is 11.2 Å². The normalized spacial score (nSPS) is 19.6. The summed E-state index contributed by atoms with van der Waals surface area (Å²) in [6.07, 6.45) is 3.13. The first-order chi connectivity index (χ1) is 16.4. The molecule has 4 heterocycles. The second kappa shape index (κ2) is 8.69. The van der Waals surface area contributed by atoms with E-state index >= 15 is 4.39 Å². The van der Waals surface area contributed by atoms with Gasteiger partial charge in [0.1, 0.15) is 5.82 Å². The molecule has 9 nitrogen and oxygen atoms in total. The highest BCUT2D eigenvalue weighted by Gasteiger charge is 2.30. The molecule has 5 rings (SSSR count). The van der Waals surface area contributed by atoms with E-state index in [1.807, 2.05) is 6.92 Å². The van der Waals surface area contributed by atoms with Crippen LogP contribution >= 0.6 is 0 Å². The van der Waals surface area contributed by atoms with Crippen molar-refractivity contribution in [2.45, 2.75) is 25.8 Å². The number of amides is 1. The average molecular weight is 468 g/mol. The fourth-order valence-corrected chi connectivity index (χ4v) is 4.82. The molecule has 0 bridgehead atoms. The third-order valence-corrected chi connectivity index (χ3v) is 6.72. The van der Waals surface area contributed by atoms with Crippen molar-refractivity contribution in [3.05, 3.63) is 41.6 Å². The van der Waals surface area contributed by atoms with Crippen LogP contribution in [0.15, 0.2) is 24.5 Å². The molecule has 178 valence electrons. The molecular formula is C24H26FN5O4. The number of nitrogens with one attached hydrogen (secondary N) is 1. The van der Waals surface area contributed by atoms with Gasteiger partial charge in [0.2, 0.25) is 0 Å². The molecule has 10 heteroatoms. The summed E-state index contributed by atoms with van der Waals surface area (Å²) in [6, 6.07) is 2.94. The van der Waals surface area contributed by atoms with Gasteiger partial charge in [0.15, 0.2) is 5.82 Å². The minimum absolute atomic E-state index is 0.0527. The minimum Gasteiger partial charge on any atom is -0.465 e. The fraction of sp³-hybridized carbons (Fsp3) is 0.375. The summed E-state index contributed by atoms with van der Waals surface area (Å²) in [7, 11) is 0. The Hall–Kier alpha value is -3.50. The Bertz CT molecular complexity index is 1280. The number of aliphatic hydroxyl groups is 1. The van der Waals surface area contributed by atoms with E-state index in [4.69, 9.17) is 10.5 Å². The third kappa shape index (κ3) is 3.68. The smallest absolute Gasteiger partial charge is 0.413 e. The van der Waals surface area contributed by atoms with Gasteiger partial charge in [-0.15, -0.1) is 0 Å². The van der Waals surface area contributed by atoms with Crippen LogP contribution in [0, 0.1) is 18.7 Å². The van der Waals surface area contributed by atoms with Crippen molar-refractivity contribution in [3.63, 3.8) is 0 Å². The Balaban J connectivity index is 1.61. The summed E-state index contributed by atoms with van der Waals surface area (Å²) in [5, 5.41) is 23.6. The van der Waals surface area contributed by atoms with Crippen LogP contribution in [0.1, 0.15) is 17.7 Å². The zero-order valence-electron chi connectivity index (χ0n) is 18.7. The summed E-state index contributed by atoms with van der Waals surface area (Å²) in [4.78, 5) is 22.0. The molecule has 2 unspecified atom stereocenters. The molecule has 0 radical (unpaired) electrons. The third-order valence-electron chi connectivity index (χ3n) is 6.72. The van der Waals surface area contributed by atoms with Crippen molar-refractivity contribution in [1.29, 1.82) is 0 Å². The van der Waals surface area contributed by atoms with E-state index in [0.717, 1.165) is 16.9 Å². The second-order valence-electron chi connectivity index (χ2n) is 8.84. The van der Waals surface area contributed by atoms with Gasteiger partial charge >= 0.3 is 6.09 Å². The Kier molecular flexibility index (Phi) is 5.70. The van der Waals surface area contributed by atoms with Gasteiger partial charge < -0.3 is 26.0 Å². The molecule has 1 fully saturated rings. The van der Waals surface area contributed by atoms with Crippen molar-refractivity contribution in [2.75, 3.05) is 42.3 Å². The number of nitrogens with zero attached hydrogens (tertiary/aromatic N) is 3. The maximum Gasteiger partial charge on any atom is 0.413 e. The molecule has 1 saturated heterocycles. The van der Waals surface area contributed by atoms with Crippen molar-refractivity contribution in [2.24, 2.45) is 5.92 Å². The van der Waals surface area contributed by atoms with E-state index in [1.54, 1.807) is 18.3 Å². The van der Waals surface area contributed by atoms with Crippen LogP contribution in [0.3, 0.4) is 0 Å². The standard InChI is InChI=1S/C24H26FN5O4/c1-12-17(8-27-19-4-13(10-31)7-29-23(12)19)16-5-14-6-20(28-9-18(14)22(26)21(16)25)30(24(32)33)15-2-3-34-11-15/h5-6,8-9,13,15,29,31H,2-4,7,10-11,26H2,1H3,(H,32,33). The van der Waals surface area contributed by atoms with Gasteiger partial charge in [-0.25, -0.2) is 14.2 Å². The monoisotopic (exact) mass is 467 g/mol. The van der Waals surface area contributed by atoms with E-state index in [2.05, 4.69) is 15.3 Å². The predicted molar refractivity (Wildman–Crippen MR) is 127 cm³/mol. The number of aliphatic hydroxyl groups excluding tert-OH is 1. The Morgan fingerprint density at radius 1 is 1.32 bits per heavy atom. The van der Waals surface area contributed by atoms with E-state index in [9.17, 15) is 15.0 Å². The molecule has 3 aromatic rings. The molecule has 0 saturated carbocycles. The van der Waals surface area contributed by atoms with Crippen LogP contribution in [0.2, 0.25) is 0 Å². The van der Waals surface area contributed by atoms with E-state index < -0.39 is 11.9 Å². The van der Waals surface area contributed by atoms with Gasteiger partial charge in [0.25, 0.3) is 0 Å². The highest BCUT2D eigenvalue weighted by Crippen LogP contribution is 2.39. The summed E-state index contributed by atoms with van der Waals surface area (Å²) in [5.74, 6) is -0.244. The van der Waals surface area contributed by atoms with E-state index in [-0.39, 0.29) is 35.6 Å². The number of nitrogen functional groups attached to an aromatic ring is 1. The van der Waals surface area contributed by atoms with Gasteiger partial charge in [0.05, 0.1) is 29.7 Å². The van der Waals surface area contributed by atoms with Crippen molar-refractivity contribution < 1.29 is 24.1 Å². The van der Waals surface area contributed by atoms with Gasteiger partial charge in [-0.05, 0) is 42.8 Å². The zero-order chi connectivity index (χ0) is 24.0. The van der Waals surface area contributed by atoms with Gasteiger partial charge in [0, 0.05) is 54.6 Å². The van der Waals surface area contributed by atoms with Gasteiger partial charge in [-0.2, -0.15) is 0 Å². The largest absolute Gasteiger partial charge is 0.465 e. The zero-order valence-corrected chi connectivity index (χ0v) is 18.7. The molecule has 0 spiro atoms. The van der Waals surface area contributed by atoms with Crippen molar-refractivity contribution in [1.82, 2.24) is 9.97 Å². The Morgan fingerprint density at radius 2 is 2.15 bits per heavy atom. The number of pyridine rings is 2. The number of nitrogens with two attached hydrogens (primary N) is 1. The van der Waals surface area contributed by atoms with Gasteiger partial charge in [-0.3, -0.25) is 9.88 Å². The highest BCUT2D eigenvalue weighted by molar-refractivity contribution is 5.99. The van der Waals surface area contributed by atoms with E-state index in [1.165, 1.54) is 11.1 Å². The molecule has 34 heavy (non-hydrogen) atoms. The van der Waals surface area contributed by atoms with Crippen LogP contribution in [0.4, 0.5) is 26.4 Å². The number of halogens is 1.